The smallest absolute Gasteiger partial charge is 0.254 e. The van der Waals surface area contributed by atoms with Gasteiger partial charge in [0.1, 0.15) is 6.04 Å². The summed E-state index contributed by atoms with van der Waals surface area (Å²) >= 11 is 1.65. The summed E-state index contributed by atoms with van der Waals surface area (Å²) in [4.78, 5) is 25.3. The molecule has 1 heterocycles. The van der Waals surface area contributed by atoms with Gasteiger partial charge >= 0.3 is 0 Å². The molecule has 2 amide bonds. The van der Waals surface area contributed by atoms with Gasteiger partial charge in [-0.2, -0.15) is 0 Å². The number of anilines is 1. The molecule has 0 radical (unpaired) electrons. The number of hydrogen-bond donors (Lipinski definition) is 3. The maximum atomic E-state index is 12.6. The fourth-order valence-corrected chi connectivity index (χ4v) is 3.03. The Hall–Kier alpha value is -2.34. The third kappa shape index (κ3) is 5.09. The van der Waals surface area contributed by atoms with Gasteiger partial charge in [-0.15, -0.1) is 11.3 Å². The summed E-state index contributed by atoms with van der Waals surface area (Å²) in [6.45, 7) is 4.62. The zero-order chi connectivity index (χ0) is 17.5. The number of nitrogens with two attached hydrogens (primary N) is 1. The Bertz CT molecular complexity index is 683. The van der Waals surface area contributed by atoms with Crippen LogP contribution in [0.4, 0.5) is 5.69 Å². The van der Waals surface area contributed by atoms with Gasteiger partial charge in [0.2, 0.25) is 5.91 Å². The molecule has 0 fully saturated rings. The number of hydrogen-bond acceptors (Lipinski definition) is 4. The lowest BCUT2D eigenvalue weighted by atomic mass is 10.0. The number of thiophene rings is 1. The molecule has 1 aromatic carbocycles. The van der Waals surface area contributed by atoms with Crippen molar-refractivity contribution in [2.24, 2.45) is 11.7 Å². The lowest BCUT2D eigenvalue weighted by Gasteiger charge is -2.18. The Morgan fingerprint density at radius 3 is 2.54 bits per heavy atom. The molecule has 0 aliphatic rings. The van der Waals surface area contributed by atoms with Gasteiger partial charge in [0.05, 0.1) is 5.56 Å². The summed E-state index contributed by atoms with van der Waals surface area (Å²) in [5.41, 5.74) is 6.64. The first-order valence-corrected chi connectivity index (χ1v) is 8.80. The number of carbonyl (C=O) groups excluding carboxylic acids is 2. The molecule has 0 bridgehead atoms. The van der Waals surface area contributed by atoms with Gasteiger partial charge in [-0.25, -0.2) is 0 Å². The number of primary amides is 1. The molecule has 5 nitrogen and oxygen atoms in total. The summed E-state index contributed by atoms with van der Waals surface area (Å²) in [5, 5.41) is 8.03. The lowest BCUT2D eigenvalue weighted by Crippen LogP contribution is -2.45. The largest absolute Gasteiger partial charge is 0.380 e. The van der Waals surface area contributed by atoms with E-state index in [-0.39, 0.29) is 11.8 Å². The molecule has 24 heavy (non-hydrogen) atoms. The van der Waals surface area contributed by atoms with Gasteiger partial charge in [0.15, 0.2) is 0 Å². The quantitative estimate of drug-likeness (QED) is 0.687. The van der Waals surface area contributed by atoms with E-state index >= 15 is 0 Å². The molecule has 2 rings (SSSR count). The first kappa shape index (κ1) is 18.0. The number of rotatable bonds is 8. The molecule has 0 aliphatic carbocycles. The monoisotopic (exact) mass is 345 g/mol. The summed E-state index contributed by atoms with van der Waals surface area (Å²) in [6, 6.07) is 10.6. The number of nitrogens with one attached hydrogen (secondary N) is 2. The van der Waals surface area contributed by atoms with Gasteiger partial charge in [0, 0.05) is 17.1 Å². The van der Waals surface area contributed by atoms with E-state index < -0.39 is 11.9 Å². The molecule has 1 aromatic heterocycles. The average molecular weight is 345 g/mol. The van der Waals surface area contributed by atoms with Gasteiger partial charge in [0.25, 0.3) is 5.91 Å². The topological polar surface area (TPSA) is 84.2 Å². The normalized spacial score (nSPS) is 12.0. The van der Waals surface area contributed by atoms with Crippen LogP contribution in [0.2, 0.25) is 0 Å². The summed E-state index contributed by atoms with van der Waals surface area (Å²) in [5.74, 6) is -0.551. The van der Waals surface area contributed by atoms with Gasteiger partial charge in [-0.05, 0) is 35.9 Å². The molecule has 0 unspecified atom stereocenters. The van der Waals surface area contributed by atoms with E-state index in [1.165, 1.54) is 4.88 Å². The summed E-state index contributed by atoms with van der Waals surface area (Å²) < 4.78 is 0. The number of carbonyl (C=O) groups is 2. The molecule has 128 valence electrons. The van der Waals surface area contributed by atoms with Crippen molar-refractivity contribution >= 4 is 28.8 Å². The first-order chi connectivity index (χ1) is 11.5. The second-order valence-electron chi connectivity index (χ2n) is 6.04. The Labute approximate surface area is 146 Å². The highest BCUT2D eigenvalue weighted by atomic mass is 32.1. The van der Waals surface area contributed by atoms with E-state index in [1.54, 1.807) is 23.5 Å². The molecular formula is C18H23N3O2S. The van der Waals surface area contributed by atoms with Crippen LogP contribution in [0.1, 0.15) is 35.5 Å². The zero-order valence-corrected chi connectivity index (χ0v) is 14.7. The maximum Gasteiger partial charge on any atom is 0.254 e. The van der Waals surface area contributed by atoms with Crippen molar-refractivity contribution in [3.8, 4) is 0 Å². The minimum atomic E-state index is -0.664. The van der Waals surface area contributed by atoms with Crippen LogP contribution in [0.5, 0.6) is 0 Å². The van der Waals surface area contributed by atoms with Gasteiger partial charge in [-0.3, -0.25) is 9.59 Å². The second-order valence-corrected chi connectivity index (χ2v) is 7.07. The van der Waals surface area contributed by atoms with Crippen LogP contribution in [0.25, 0.3) is 0 Å². The highest BCUT2D eigenvalue weighted by molar-refractivity contribution is 7.09. The molecule has 6 heteroatoms. The number of benzene rings is 1. The second kappa shape index (κ2) is 8.49. The maximum absolute atomic E-state index is 12.6. The Balaban J connectivity index is 2.09. The first-order valence-electron chi connectivity index (χ1n) is 7.93. The standard InChI is InChI=1S/C18H23N3O2S/c1-12(2)10-16(17(19)22)21-18(23)14-7-3-4-8-15(14)20-11-13-6-5-9-24-13/h3-9,12,16,20H,10-11H2,1-2H3,(H2,19,22)(H,21,23)/t16-/m0/s1. The van der Waals surface area contributed by atoms with E-state index in [2.05, 4.69) is 10.6 Å². The lowest BCUT2D eigenvalue weighted by molar-refractivity contribution is -0.120. The van der Waals surface area contributed by atoms with E-state index in [1.807, 2.05) is 43.5 Å². The molecular weight excluding hydrogens is 322 g/mol. The Morgan fingerprint density at radius 1 is 1.17 bits per heavy atom. The van der Waals surface area contributed by atoms with Crippen LogP contribution >= 0.6 is 11.3 Å². The molecule has 0 aliphatic heterocycles. The van der Waals surface area contributed by atoms with Crippen molar-refractivity contribution in [3.63, 3.8) is 0 Å². The van der Waals surface area contributed by atoms with Crippen molar-refractivity contribution in [3.05, 3.63) is 52.2 Å². The van der Waals surface area contributed by atoms with Crippen LogP contribution in [0.15, 0.2) is 41.8 Å². The molecule has 1 atom stereocenters. The average Bonchev–Trinajstić information content (AvgIpc) is 3.05. The fourth-order valence-electron chi connectivity index (χ4n) is 2.38. The predicted molar refractivity (Wildman–Crippen MR) is 98.0 cm³/mol. The van der Waals surface area contributed by atoms with Crippen LogP contribution in [-0.2, 0) is 11.3 Å². The summed E-state index contributed by atoms with van der Waals surface area (Å²) in [7, 11) is 0. The molecule has 0 spiro atoms. The molecule has 0 saturated carbocycles. The van der Waals surface area contributed by atoms with Gasteiger partial charge < -0.3 is 16.4 Å². The van der Waals surface area contributed by atoms with Crippen LogP contribution in [-0.4, -0.2) is 17.9 Å². The van der Waals surface area contributed by atoms with Crippen molar-refractivity contribution in [2.75, 3.05) is 5.32 Å². The molecule has 0 saturated heterocycles. The Kier molecular flexibility index (Phi) is 6.37. The minimum absolute atomic E-state index is 0.259. The minimum Gasteiger partial charge on any atom is -0.380 e. The van der Waals surface area contributed by atoms with Crippen molar-refractivity contribution in [1.82, 2.24) is 5.32 Å². The van der Waals surface area contributed by atoms with Gasteiger partial charge in [-0.1, -0.05) is 32.0 Å². The van der Waals surface area contributed by atoms with E-state index in [0.29, 0.717) is 18.5 Å². The highest BCUT2D eigenvalue weighted by Crippen LogP contribution is 2.18. The van der Waals surface area contributed by atoms with Crippen molar-refractivity contribution in [2.45, 2.75) is 32.9 Å². The van der Waals surface area contributed by atoms with Crippen molar-refractivity contribution < 1.29 is 9.59 Å². The van der Waals surface area contributed by atoms with E-state index in [0.717, 1.165) is 5.69 Å². The van der Waals surface area contributed by atoms with Crippen molar-refractivity contribution in [1.29, 1.82) is 0 Å². The predicted octanol–water partition coefficient (Wildman–Crippen LogP) is 2.99. The van der Waals surface area contributed by atoms with Crippen LogP contribution in [0.3, 0.4) is 0 Å². The Morgan fingerprint density at radius 2 is 1.92 bits per heavy atom. The molecule has 4 N–H and O–H groups in total. The summed E-state index contributed by atoms with van der Waals surface area (Å²) in [6.07, 6.45) is 0.520. The third-order valence-corrected chi connectivity index (χ3v) is 4.44. The van der Waals surface area contributed by atoms with E-state index in [4.69, 9.17) is 5.73 Å². The number of amides is 2. The number of para-hydroxylation sites is 1. The fraction of sp³-hybridized carbons (Fsp3) is 0.333. The van der Waals surface area contributed by atoms with Crippen LogP contribution < -0.4 is 16.4 Å². The SMILES string of the molecule is CC(C)C[C@H](NC(=O)c1ccccc1NCc1cccs1)C(N)=O. The van der Waals surface area contributed by atoms with Crippen LogP contribution in [0, 0.1) is 5.92 Å². The van der Waals surface area contributed by atoms with E-state index in [9.17, 15) is 9.59 Å². The molecule has 2 aromatic rings. The zero-order valence-electron chi connectivity index (χ0n) is 13.9. The third-order valence-electron chi connectivity index (χ3n) is 3.56. The highest BCUT2D eigenvalue weighted by Gasteiger charge is 2.21.